The van der Waals surface area contributed by atoms with Gasteiger partial charge in [-0.1, -0.05) is 0 Å². The van der Waals surface area contributed by atoms with Gasteiger partial charge in [-0.2, -0.15) is 0 Å². The zero-order valence-electron chi connectivity index (χ0n) is 12.8. The van der Waals surface area contributed by atoms with Crippen LogP contribution in [0.4, 0.5) is 0 Å². The molecule has 1 heterocycles. The number of hydrogen-bond acceptors (Lipinski definition) is 3. The molecule has 1 N–H and O–H groups in total. The van der Waals surface area contributed by atoms with Crippen LogP contribution in [0.3, 0.4) is 0 Å². The smallest absolute Gasteiger partial charge is 0.0701 e. The first kappa shape index (κ1) is 15.9. The zero-order chi connectivity index (χ0) is 13.4. The Labute approximate surface area is 113 Å². The molecule has 1 unspecified atom stereocenters. The summed E-state index contributed by atoms with van der Waals surface area (Å²) in [6.45, 7) is 11.0. The van der Waals surface area contributed by atoms with Crippen molar-refractivity contribution in [2.75, 3.05) is 33.3 Å². The molecule has 0 amide bonds. The lowest BCUT2D eigenvalue weighted by atomic mass is 10.1. The average Bonchev–Trinajstić information content (AvgIpc) is 2.28. The maximum absolute atomic E-state index is 5.77. The van der Waals surface area contributed by atoms with Crippen LogP contribution in [0, 0.1) is 0 Å². The van der Waals surface area contributed by atoms with E-state index in [4.69, 9.17) is 4.74 Å². The van der Waals surface area contributed by atoms with Crippen molar-refractivity contribution in [3.63, 3.8) is 0 Å². The second-order valence-electron chi connectivity index (χ2n) is 6.63. The van der Waals surface area contributed by atoms with E-state index < -0.39 is 0 Å². The van der Waals surface area contributed by atoms with E-state index in [1.807, 2.05) is 0 Å². The van der Waals surface area contributed by atoms with Crippen LogP contribution >= 0.6 is 0 Å². The molecule has 3 heteroatoms. The van der Waals surface area contributed by atoms with Gasteiger partial charge >= 0.3 is 0 Å². The summed E-state index contributed by atoms with van der Waals surface area (Å²) in [5.41, 5.74) is 0.252. The van der Waals surface area contributed by atoms with Gasteiger partial charge in [-0.15, -0.1) is 0 Å². The molecule has 0 radical (unpaired) electrons. The highest BCUT2D eigenvalue weighted by molar-refractivity contribution is 4.70. The lowest BCUT2D eigenvalue weighted by molar-refractivity contribution is -0.00159. The number of likely N-dealkylation sites (N-methyl/N-ethyl adjacent to an activating group) is 1. The van der Waals surface area contributed by atoms with E-state index in [9.17, 15) is 0 Å². The summed E-state index contributed by atoms with van der Waals surface area (Å²) in [4.78, 5) is 2.42. The van der Waals surface area contributed by atoms with Crippen LogP contribution in [-0.2, 0) is 4.74 Å². The largest absolute Gasteiger partial charge is 0.377 e. The number of rotatable bonds is 7. The second kappa shape index (κ2) is 8.13. The minimum absolute atomic E-state index is 0.252. The van der Waals surface area contributed by atoms with Gasteiger partial charge < -0.3 is 15.0 Å². The van der Waals surface area contributed by atoms with Gasteiger partial charge in [0, 0.05) is 18.7 Å². The molecule has 1 aliphatic heterocycles. The fourth-order valence-corrected chi connectivity index (χ4v) is 2.36. The molecule has 3 nitrogen and oxygen atoms in total. The minimum atomic E-state index is 0.252. The predicted molar refractivity (Wildman–Crippen MR) is 78.1 cm³/mol. The summed E-state index contributed by atoms with van der Waals surface area (Å²) in [6.07, 6.45) is 6.85. The van der Waals surface area contributed by atoms with Crippen LogP contribution in [0.1, 0.15) is 52.9 Å². The van der Waals surface area contributed by atoms with Gasteiger partial charge in [-0.25, -0.2) is 0 Å². The highest BCUT2D eigenvalue weighted by atomic mass is 16.5. The van der Waals surface area contributed by atoms with Crippen LogP contribution in [0.15, 0.2) is 0 Å². The number of nitrogens with zero attached hydrogens (tertiary/aromatic N) is 1. The first-order valence-electron chi connectivity index (χ1n) is 7.52. The van der Waals surface area contributed by atoms with Crippen molar-refractivity contribution in [2.45, 2.75) is 64.5 Å². The van der Waals surface area contributed by atoms with Crippen LogP contribution < -0.4 is 5.32 Å². The van der Waals surface area contributed by atoms with Gasteiger partial charge in [0.15, 0.2) is 0 Å². The Kier molecular flexibility index (Phi) is 7.20. The van der Waals surface area contributed by atoms with Crippen LogP contribution in [0.5, 0.6) is 0 Å². The summed E-state index contributed by atoms with van der Waals surface area (Å²) in [5, 5.41) is 3.53. The molecule has 0 saturated carbocycles. The lowest BCUT2D eigenvalue weighted by Crippen LogP contribution is -2.37. The standard InChI is InChI=1S/C15H32N2O/c1-15(2,3)16-10-6-7-11-17(4)13-14-9-5-8-12-18-14/h14,16H,5-13H2,1-4H3. The molecule has 0 spiro atoms. The molecule has 1 atom stereocenters. The predicted octanol–water partition coefficient (Wildman–Crippen LogP) is 2.66. The molecule has 0 aliphatic carbocycles. The Hall–Kier alpha value is -0.120. The zero-order valence-corrected chi connectivity index (χ0v) is 12.8. The highest BCUT2D eigenvalue weighted by Crippen LogP contribution is 2.13. The van der Waals surface area contributed by atoms with Crippen molar-refractivity contribution < 1.29 is 4.74 Å². The van der Waals surface area contributed by atoms with E-state index in [1.165, 1.54) is 38.6 Å². The molecule has 1 aliphatic rings. The quantitative estimate of drug-likeness (QED) is 0.709. The molecule has 18 heavy (non-hydrogen) atoms. The molecule has 0 aromatic carbocycles. The number of nitrogens with one attached hydrogen (secondary N) is 1. The van der Waals surface area contributed by atoms with Gasteiger partial charge in [0.25, 0.3) is 0 Å². The van der Waals surface area contributed by atoms with Crippen molar-refractivity contribution in [1.82, 2.24) is 10.2 Å². The fraction of sp³-hybridized carbons (Fsp3) is 1.00. The average molecular weight is 256 g/mol. The molecular weight excluding hydrogens is 224 g/mol. The summed E-state index contributed by atoms with van der Waals surface area (Å²) in [7, 11) is 2.22. The van der Waals surface area contributed by atoms with E-state index >= 15 is 0 Å². The van der Waals surface area contributed by atoms with Crippen LogP contribution in [-0.4, -0.2) is 49.8 Å². The second-order valence-corrected chi connectivity index (χ2v) is 6.63. The molecule has 0 aromatic heterocycles. The van der Waals surface area contributed by atoms with Gasteiger partial charge in [0.1, 0.15) is 0 Å². The van der Waals surface area contributed by atoms with E-state index in [2.05, 4.69) is 38.0 Å². The van der Waals surface area contributed by atoms with Gasteiger partial charge in [-0.3, -0.25) is 0 Å². The Morgan fingerprint density at radius 2 is 2.00 bits per heavy atom. The van der Waals surface area contributed by atoms with E-state index in [0.29, 0.717) is 6.10 Å². The van der Waals surface area contributed by atoms with Crippen molar-refractivity contribution in [1.29, 1.82) is 0 Å². The molecule has 1 saturated heterocycles. The maximum atomic E-state index is 5.77. The number of hydrogen-bond donors (Lipinski definition) is 1. The van der Waals surface area contributed by atoms with Gasteiger partial charge in [0.05, 0.1) is 6.10 Å². The maximum Gasteiger partial charge on any atom is 0.0701 e. The van der Waals surface area contributed by atoms with Crippen LogP contribution in [0.25, 0.3) is 0 Å². The first-order chi connectivity index (χ1) is 8.47. The number of unbranched alkanes of at least 4 members (excludes halogenated alkanes) is 1. The van der Waals surface area contributed by atoms with E-state index in [-0.39, 0.29) is 5.54 Å². The molecule has 108 valence electrons. The van der Waals surface area contributed by atoms with E-state index in [0.717, 1.165) is 19.7 Å². The third-order valence-electron chi connectivity index (χ3n) is 3.41. The third kappa shape index (κ3) is 8.06. The Morgan fingerprint density at radius 3 is 2.61 bits per heavy atom. The number of ether oxygens (including phenoxy) is 1. The first-order valence-corrected chi connectivity index (χ1v) is 7.52. The van der Waals surface area contributed by atoms with Gasteiger partial charge in [0.2, 0.25) is 0 Å². The van der Waals surface area contributed by atoms with Crippen molar-refractivity contribution in [2.24, 2.45) is 0 Å². The molecule has 1 rings (SSSR count). The minimum Gasteiger partial charge on any atom is -0.377 e. The molecule has 0 aromatic rings. The molecule has 0 bridgehead atoms. The summed E-state index contributed by atoms with van der Waals surface area (Å²) in [5.74, 6) is 0. The van der Waals surface area contributed by atoms with Crippen molar-refractivity contribution in [3.05, 3.63) is 0 Å². The summed E-state index contributed by atoms with van der Waals surface area (Å²) in [6, 6.07) is 0. The van der Waals surface area contributed by atoms with Gasteiger partial charge in [-0.05, 0) is 73.0 Å². The third-order valence-corrected chi connectivity index (χ3v) is 3.41. The monoisotopic (exact) mass is 256 g/mol. The Bertz CT molecular complexity index is 207. The van der Waals surface area contributed by atoms with E-state index in [1.54, 1.807) is 0 Å². The van der Waals surface area contributed by atoms with Crippen molar-refractivity contribution >= 4 is 0 Å². The van der Waals surface area contributed by atoms with Crippen LogP contribution in [0.2, 0.25) is 0 Å². The highest BCUT2D eigenvalue weighted by Gasteiger charge is 2.15. The summed E-state index contributed by atoms with van der Waals surface area (Å²) < 4.78 is 5.77. The topological polar surface area (TPSA) is 24.5 Å². The summed E-state index contributed by atoms with van der Waals surface area (Å²) >= 11 is 0. The van der Waals surface area contributed by atoms with Crippen molar-refractivity contribution in [3.8, 4) is 0 Å². The fourth-order valence-electron chi connectivity index (χ4n) is 2.36. The lowest BCUT2D eigenvalue weighted by Gasteiger charge is -2.27. The Balaban J connectivity index is 1.97. The normalized spacial score (nSPS) is 21.5. The molecular formula is C15H32N2O. The SMILES string of the molecule is CN(CCCCNC(C)(C)C)CC1CCCCO1. The Morgan fingerprint density at radius 1 is 1.22 bits per heavy atom. The molecule has 1 fully saturated rings.